The first-order valence-corrected chi connectivity index (χ1v) is 2.33. The Hall–Kier alpha value is -1.25. The highest BCUT2D eigenvalue weighted by atomic mass is 16.5. The van der Waals surface area contributed by atoms with Crippen molar-refractivity contribution < 1.29 is 14.6 Å². The lowest BCUT2D eigenvalue weighted by atomic mass is 10.6. The van der Waals surface area contributed by atoms with Crippen molar-refractivity contribution in [2.75, 3.05) is 0 Å². The average Bonchev–Trinajstić information content (AvgIpc) is 1.87. The van der Waals surface area contributed by atoms with Gasteiger partial charge in [-0.15, -0.1) is 0 Å². The van der Waals surface area contributed by atoms with E-state index in [2.05, 4.69) is 11.3 Å². The van der Waals surface area contributed by atoms with E-state index < -0.39 is 5.97 Å². The quantitative estimate of drug-likeness (QED) is 0.315. The number of rotatable bonds is 2. The summed E-state index contributed by atoms with van der Waals surface area (Å²) < 4.78 is 4.34. The zero-order valence-corrected chi connectivity index (χ0v) is 5.09. The maximum Gasteiger partial charge on any atom is 0.335 e. The van der Waals surface area contributed by atoms with Crippen molar-refractivity contribution in [3.63, 3.8) is 0 Å². The van der Waals surface area contributed by atoms with Crippen molar-refractivity contribution in [1.29, 1.82) is 0 Å². The molecule has 0 saturated heterocycles. The molecule has 0 aliphatic rings. The monoisotopic (exact) mass is 127 g/mol. The second kappa shape index (κ2) is 3.72. The first-order valence-electron chi connectivity index (χ1n) is 2.33. The van der Waals surface area contributed by atoms with Gasteiger partial charge in [0.15, 0.2) is 6.26 Å². The maximum absolute atomic E-state index is 10.3. The smallest absolute Gasteiger partial charge is 0.335 e. The molecule has 0 unspecified atom stereocenters. The minimum atomic E-state index is -0.611. The Labute approximate surface area is 53.3 Å². The highest BCUT2D eigenvalue weighted by Gasteiger charge is 1.95. The zero-order valence-electron chi connectivity index (χ0n) is 5.09. The van der Waals surface area contributed by atoms with E-state index in [1.54, 1.807) is 0 Å². The van der Waals surface area contributed by atoms with Crippen LogP contribution in [0, 0.1) is 0 Å². The predicted octanol–water partition coefficient (Wildman–Crippen LogP) is 1.01. The van der Waals surface area contributed by atoms with E-state index in [1.165, 1.54) is 6.92 Å². The Kier molecular flexibility index (Phi) is 3.20. The maximum atomic E-state index is 10.3. The van der Waals surface area contributed by atoms with E-state index in [-0.39, 0.29) is 5.76 Å². The lowest BCUT2D eigenvalue weighted by Gasteiger charge is -1.94. The Morgan fingerprint density at radius 1 is 1.67 bits per heavy atom. The van der Waals surface area contributed by atoms with Crippen LogP contribution in [-0.4, -0.2) is 5.97 Å². The van der Waals surface area contributed by atoms with Crippen LogP contribution in [0.3, 0.4) is 0 Å². The highest BCUT2D eigenvalue weighted by Crippen LogP contribution is 1.93. The number of hydrogen-bond donors (Lipinski definition) is 0. The van der Waals surface area contributed by atoms with E-state index in [9.17, 15) is 9.90 Å². The lowest BCUT2D eigenvalue weighted by molar-refractivity contribution is -0.133. The van der Waals surface area contributed by atoms with Crippen LogP contribution in [-0.2, 0) is 14.6 Å². The molecule has 0 aliphatic carbocycles. The van der Waals surface area contributed by atoms with Gasteiger partial charge in [-0.3, -0.25) is 5.11 Å². The molecule has 0 bridgehead atoms. The van der Waals surface area contributed by atoms with Crippen molar-refractivity contribution in [3.8, 4) is 0 Å². The van der Waals surface area contributed by atoms with Crippen LogP contribution in [0.4, 0.5) is 0 Å². The fraction of sp³-hybridized carbons (Fsp3) is 0.167. The molecule has 0 fully saturated rings. The van der Waals surface area contributed by atoms with Crippen molar-refractivity contribution in [2.45, 2.75) is 6.92 Å². The number of allylic oxidation sites excluding steroid dienone is 1. The highest BCUT2D eigenvalue weighted by molar-refractivity contribution is 5.81. The minimum absolute atomic E-state index is 0.0416. The largest absolute Gasteiger partial charge is 0.425 e. The fourth-order valence-corrected chi connectivity index (χ4v) is 0.224. The van der Waals surface area contributed by atoms with Crippen LogP contribution >= 0.6 is 0 Å². The average molecular weight is 127 g/mol. The van der Waals surface area contributed by atoms with Crippen molar-refractivity contribution >= 4 is 5.97 Å². The molecule has 0 aromatic heterocycles. The summed E-state index contributed by atoms with van der Waals surface area (Å²) in [5.41, 5.74) is 0. The molecule has 0 aromatic rings. The van der Waals surface area contributed by atoms with E-state index in [4.69, 9.17) is 0 Å². The molecule has 0 atom stereocenters. The standard InChI is InChI=1S/C6H7O3/c1-3-6(8)9-5(2)4-7/h3-4H,1H2,2H3. The summed E-state index contributed by atoms with van der Waals surface area (Å²) >= 11 is 0. The SMILES string of the molecule is C=CC(=O)OC(C)=C[O]. The summed E-state index contributed by atoms with van der Waals surface area (Å²) in [6.07, 6.45) is 1.45. The molecule has 0 amide bonds. The molecule has 0 N–H and O–H groups in total. The van der Waals surface area contributed by atoms with Gasteiger partial charge in [0.1, 0.15) is 5.76 Å². The molecule has 0 saturated carbocycles. The molecule has 0 rings (SSSR count). The van der Waals surface area contributed by atoms with Gasteiger partial charge in [-0.05, 0) is 6.92 Å². The topological polar surface area (TPSA) is 46.2 Å². The van der Waals surface area contributed by atoms with Crippen LogP contribution < -0.4 is 0 Å². The molecule has 3 nitrogen and oxygen atoms in total. The van der Waals surface area contributed by atoms with Crippen LogP contribution in [0.2, 0.25) is 0 Å². The Balaban J connectivity index is 3.74. The molecule has 3 heteroatoms. The Bertz CT molecular complexity index is 146. The third-order valence-electron chi connectivity index (χ3n) is 0.594. The number of carbonyl (C=O) groups excluding carboxylic acids is 1. The molecule has 1 radical (unpaired) electrons. The van der Waals surface area contributed by atoms with E-state index in [0.717, 1.165) is 6.08 Å². The second-order valence-electron chi connectivity index (χ2n) is 1.35. The van der Waals surface area contributed by atoms with Gasteiger partial charge in [-0.1, -0.05) is 6.58 Å². The molecule has 0 aliphatic heterocycles. The van der Waals surface area contributed by atoms with E-state index in [0.29, 0.717) is 6.26 Å². The first kappa shape index (κ1) is 7.75. The van der Waals surface area contributed by atoms with Gasteiger partial charge in [0.2, 0.25) is 0 Å². The van der Waals surface area contributed by atoms with Crippen molar-refractivity contribution in [2.24, 2.45) is 0 Å². The summed E-state index contributed by atoms with van der Waals surface area (Å²) in [5.74, 6) is -0.570. The Morgan fingerprint density at radius 2 is 2.22 bits per heavy atom. The van der Waals surface area contributed by atoms with Crippen LogP contribution in [0.15, 0.2) is 24.7 Å². The van der Waals surface area contributed by atoms with Crippen LogP contribution in [0.25, 0.3) is 0 Å². The normalized spacial score (nSPS) is 10.6. The van der Waals surface area contributed by atoms with Gasteiger partial charge >= 0.3 is 5.97 Å². The molecule has 0 heterocycles. The summed E-state index contributed by atoms with van der Waals surface area (Å²) in [7, 11) is 0. The van der Waals surface area contributed by atoms with E-state index >= 15 is 0 Å². The molecular formula is C6H7O3. The molecular weight excluding hydrogens is 120 g/mol. The third-order valence-corrected chi connectivity index (χ3v) is 0.594. The van der Waals surface area contributed by atoms with Crippen molar-refractivity contribution in [1.82, 2.24) is 0 Å². The number of hydrogen-bond acceptors (Lipinski definition) is 2. The number of ether oxygens (including phenoxy) is 1. The van der Waals surface area contributed by atoms with Gasteiger partial charge in [0.25, 0.3) is 0 Å². The van der Waals surface area contributed by atoms with Crippen LogP contribution in [0.5, 0.6) is 0 Å². The fourth-order valence-electron chi connectivity index (χ4n) is 0.224. The molecule has 0 aromatic carbocycles. The molecule has 49 valence electrons. The summed E-state index contributed by atoms with van der Waals surface area (Å²) in [5, 5.41) is 9.81. The van der Waals surface area contributed by atoms with Gasteiger partial charge < -0.3 is 4.74 Å². The first-order chi connectivity index (χ1) is 4.20. The zero-order chi connectivity index (χ0) is 7.28. The van der Waals surface area contributed by atoms with Gasteiger partial charge in [-0.2, -0.15) is 0 Å². The van der Waals surface area contributed by atoms with Gasteiger partial charge in [0.05, 0.1) is 0 Å². The molecule has 0 spiro atoms. The number of carbonyl (C=O) groups is 1. The second-order valence-corrected chi connectivity index (χ2v) is 1.35. The summed E-state index contributed by atoms with van der Waals surface area (Å²) in [6.45, 7) is 4.54. The van der Waals surface area contributed by atoms with E-state index in [1.807, 2.05) is 0 Å². The lowest BCUT2D eigenvalue weighted by Crippen LogP contribution is -1.96. The summed E-state index contributed by atoms with van der Waals surface area (Å²) in [6, 6.07) is 0. The van der Waals surface area contributed by atoms with Gasteiger partial charge in [-0.25, -0.2) is 4.79 Å². The number of esters is 1. The summed E-state index contributed by atoms with van der Waals surface area (Å²) in [4.78, 5) is 10.3. The minimum Gasteiger partial charge on any atom is -0.425 e. The van der Waals surface area contributed by atoms with Gasteiger partial charge in [0, 0.05) is 6.08 Å². The third kappa shape index (κ3) is 3.34. The molecule has 9 heavy (non-hydrogen) atoms. The Morgan fingerprint density at radius 3 is 2.56 bits per heavy atom. The predicted molar refractivity (Wildman–Crippen MR) is 30.7 cm³/mol. The van der Waals surface area contributed by atoms with Crippen LogP contribution in [0.1, 0.15) is 6.92 Å². The van der Waals surface area contributed by atoms with Crippen molar-refractivity contribution in [3.05, 3.63) is 24.7 Å².